The number of fused-ring (bicyclic) bond motifs is 3. The number of nitrogens with zero attached hydrogens (tertiary/aromatic N) is 6. The molecule has 8 rings (SSSR count). The van der Waals surface area contributed by atoms with E-state index in [0.29, 0.717) is 17.4 Å². The Balaban J connectivity index is 1.21. The number of aryl methyl sites for hydroxylation is 2. The van der Waals surface area contributed by atoms with E-state index in [2.05, 4.69) is 61.3 Å². The van der Waals surface area contributed by atoms with E-state index in [1.54, 1.807) is 12.4 Å². The van der Waals surface area contributed by atoms with E-state index in [9.17, 15) is 0 Å². The van der Waals surface area contributed by atoms with Crippen molar-refractivity contribution in [3.05, 3.63) is 145 Å². The van der Waals surface area contributed by atoms with Gasteiger partial charge < -0.3 is 9.47 Å². The van der Waals surface area contributed by atoms with Crippen LogP contribution in [0.25, 0.3) is 50.3 Å². The maximum atomic E-state index is 6.51. The zero-order valence-corrected chi connectivity index (χ0v) is 25.7. The van der Waals surface area contributed by atoms with Crippen LogP contribution in [-0.4, -0.2) is 29.5 Å². The molecule has 0 saturated heterocycles. The highest BCUT2D eigenvalue weighted by molar-refractivity contribution is 6.09. The van der Waals surface area contributed by atoms with Crippen LogP contribution in [0, 0.1) is 13.8 Å². The van der Waals surface area contributed by atoms with E-state index >= 15 is 0 Å². The van der Waals surface area contributed by atoms with Gasteiger partial charge in [0, 0.05) is 46.4 Å². The van der Waals surface area contributed by atoms with E-state index in [-0.39, 0.29) is 0 Å². The second-order valence-corrected chi connectivity index (χ2v) is 11.2. The van der Waals surface area contributed by atoms with Gasteiger partial charge in [0.2, 0.25) is 5.95 Å². The van der Waals surface area contributed by atoms with E-state index < -0.39 is 0 Å². The highest BCUT2D eigenvalue weighted by Gasteiger charge is 2.17. The zero-order valence-electron chi connectivity index (χ0n) is 25.7. The van der Waals surface area contributed by atoms with E-state index in [0.717, 1.165) is 66.9 Å². The summed E-state index contributed by atoms with van der Waals surface area (Å²) in [6.07, 6.45) is 6.58. The smallest absolute Gasteiger partial charge is 0.237 e. The number of aromatic nitrogens is 6. The van der Waals surface area contributed by atoms with E-state index in [1.807, 2.05) is 91.2 Å². The Bertz CT molecular complexity index is 2230. The van der Waals surface area contributed by atoms with Gasteiger partial charge in [-0.05, 0) is 85.6 Å². The highest BCUT2D eigenvalue weighted by Crippen LogP contribution is 2.38. The van der Waals surface area contributed by atoms with Gasteiger partial charge in [0.1, 0.15) is 35.7 Å². The summed E-state index contributed by atoms with van der Waals surface area (Å²) in [5, 5.41) is 2.07. The fourth-order valence-corrected chi connectivity index (χ4v) is 5.73. The number of hydrogen-bond acceptors (Lipinski definition) is 7. The lowest BCUT2D eigenvalue weighted by Gasteiger charge is -2.12. The van der Waals surface area contributed by atoms with E-state index in [1.165, 1.54) is 12.7 Å². The summed E-state index contributed by atoms with van der Waals surface area (Å²) < 4.78 is 15.0. The van der Waals surface area contributed by atoms with Crippen molar-refractivity contribution >= 4 is 21.8 Å². The van der Waals surface area contributed by atoms with Gasteiger partial charge in [0.15, 0.2) is 0 Å². The summed E-state index contributed by atoms with van der Waals surface area (Å²) in [4.78, 5) is 22.1. The molecule has 0 saturated carbocycles. The fraction of sp³-hybridized carbons (Fsp3) is 0.0513. The van der Waals surface area contributed by atoms with Crippen LogP contribution < -0.4 is 9.47 Å². The molecule has 0 spiro atoms. The lowest BCUT2D eigenvalue weighted by atomic mass is 10.1. The first-order valence-corrected chi connectivity index (χ1v) is 15.2. The predicted molar refractivity (Wildman–Crippen MR) is 183 cm³/mol. The standard InChI is InChI=1S/C39H28N6O2/c1-25-9-11-27(33-7-3-5-17-41-33)19-37(25)46-29-13-15-31-32-16-14-30(22-36(32)45(35(31)21-29)39-43-23-40-24-44-39)47-38-20-28(12-10-26(38)2)34-8-4-6-18-42-34/h3-24H,1-2H3. The lowest BCUT2D eigenvalue weighted by Crippen LogP contribution is -2.01. The Hall–Kier alpha value is -6.41. The minimum Gasteiger partial charge on any atom is -0.457 e. The van der Waals surface area contributed by atoms with Gasteiger partial charge >= 0.3 is 0 Å². The third kappa shape index (κ3) is 5.42. The van der Waals surface area contributed by atoms with Crippen molar-refractivity contribution in [2.24, 2.45) is 0 Å². The molecule has 0 aliphatic carbocycles. The third-order valence-electron chi connectivity index (χ3n) is 8.14. The van der Waals surface area contributed by atoms with Crippen LogP contribution in [0.15, 0.2) is 134 Å². The minimum atomic E-state index is 0.496. The SMILES string of the molecule is Cc1ccc(-c2ccccn2)cc1Oc1ccc2c3ccc(Oc4cc(-c5ccccn5)ccc4C)cc3n(-c3ncncn3)c2c1. The fourth-order valence-electron chi connectivity index (χ4n) is 5.73. The molecule has 8 aromatic rings. The Morgan fingerprint density at radius 2 is 1.02 bits per heavy atom. The molecule has 0 aliphatic heterocycles. The predicted octanol–water partition coefficient (Wildman–Crippen LogP) is 9.29. The first-order valence-electron chi connectivity index (χ1n) is 15.2. The average Bonchev–Trinajstić information content (AvgIpc) is 3.44. The molecule has 0 atom stereocenters. The number of hydrogen-bond donors (Lipinski definition) is 0. The molecule has 8 heteroatoms. The van der Waals surface area contributed by atoms with Crippen molar-refractivity contribution in [2.75, 3.05) is 0 Å². The Morgan fingerprint density at radius 3 is 1.49 bits per heavy atom. The molecule has 0 radical (unpaired) electrons. The van der Waals surface area contributed by atoms with Crippen molar-refractivity contribution in [1.29, 1.82) is 0 Å². The minimum absolute atomic E-state index is 0.496. The van der Waals surface area contributed by atoms with Crippen LogP contribution in [0.3, 0.4) is 0 Å². The van der Waals surface area contributed by atoms with Crippen molar-refractivity contribution in [2.45, 2.75) is 13.8 Å². The summed E-state index contributed by atoms with van der Waals surface area (Å²) in [5.41, 5.74) is 7.58. The largest absolute Gasteiger partial charge is 0.457 e. The maximum Gasteiger partial charge on any atom is 0.237 e. The molecule has 0 amide bonds. The van der Waals surface area contributed by atoms with Gasteiger partial charge in [-0.15, -0.1) is 0 Å². The maximum absolute atomic E-state index is 6.51. The monoisotopic (exact) mass is 612 g/mol. The molecule has 0 fully saturated rings. The van der Waals surface area contributed by atoms with E-state index in [4.69, 9.17) is 9.47 Å². The molecule has 8 nitrogen and oxygen atoms in total. The zero-order chi connectivity index (χ0) is 31.7. The highest BCUT2D eigenvalue weighted by atomic mass is 16.5. The molecule has 47 heavy (non-hydrogen) atoms. The third-order valence-corrected chi connectivity index (χ3v) is 8.14. The Morgan fingerprint density at radius 1 is 0.511 bits per heavy atom. The number of ether oxygens (including phenoxy) is 2. The van der Waals surface area contributed by atoms with Gasteiger partial charge in [0.25, 0.3) is 0 Å². The second kappa shape index (κ2) is 11.8. The summed E-state index contributed by atoms with van der Waals surface area (Å²) in [7, 11) is 0. The van der Waals surface area contributed by atoms with Gasteiger partial charge in [-0.1, -0.05) is 36.4 Å². The molecule has 0 aliphatic rings. The van der Waals surface area contributed by atoms with Gasteiger partial charge in [-0.2, -0.15) is 0 Å². The second-order valence-electron chi connectivity index (χ2n) is 11.2. The first-order chi connectivity index (χ1) is 23.1. The number of pyridine rings is 2. The normalized spacial score (nSPS) is 11.2. The molecule has 226 valence electrons. The van der Waals surface area contributed by atoms with Crippen LogP contribution >= 0.6 is 0 Å². The molecule has 4 heterocycles. The lowest BCUT2D eigenvalue weighted by molar-refractivity contribution is 0.479. The van der Waals surface area contributed by atoms with Crippen LogP contribution in [0.5, 0.6) is 23.0 Å². The topological polar surface area (TPSA) is 87.8 Å². The number of rotatable bonds is 7. The first kappa shape index (κ1) is 28.1. The molecule has 0 bridgehead atoms. The van der Waals surface area contributed by atoms with Crippen molar-refractivity contribution in [3.63, 3.8) is 0 Å². The molecule has 4 aromatic heterocycles. The molecular weight excluding hydrogens is 584 g/mol. The van der Waals surface area contributed by atoms with Crippen molar-refractivity contribution in [1.82, 2.24) is 29.5 Å². The number of benzene rings is 4. The summed E-state index contributed by atoms with van der Waals surface area (Å²) in [6.45, 7) is 4.07. The molecule has 0 unspecified atom stereocenters. The molecule has 4 aromatic carbocycles. The molecular formula is C39H28N6O2. The van der Waals surface area contributed by atoms with Crippen LogP contribution in [0.1, 0.15) is 11.1 Å². The van der Waals surface area contributed by atoms with Crippen LogP contribution in [0.4, 0.5) is 0 Å². The van der Waals surface area contributed by atoms with Crippen molar-refractivity contribution in [3.8, 4) is 51.5 Å². The van der Waals surface area contributed by atoms with Gasteiger partial charge in [-0.25, -0.2) is 15.0 Å². The summed E-state index contributed by atoms with van der Waals surface area (Å²) in [5.74, 6) is 3.39. The molecule has 0 N–H and O–H groups in total. The summed E-state index contributed by atoms with van der Waals surface area (Å²) in [6, 6.07) is 36.2. The quantitative estimate of drug-likeness (QED) is 0.177. The van der Waals surface area contributed by atoms with Gasteiger partial charge in [-0.3, -0.25) is 14.5 Å². The van der Waals surface area contributed by atoms with Crippen molar-refractivity contribution < 1.29 is 9.47 Å². The average molecular weight is 613 g/mol. The summed E-state index contributed by atoms with van der Waals surface area (Å²) >= 11 is 0. The Labute approximate surface area is 271 Å². The van der Waals surface area contributed by atoms with Crippen LogP contribution in [0.2, 0.25) is 0 Å². The Kier molecular flexibility index (Phi) is 7.07. The van der Waals surface area contributed by atoms with Gasteiger partial charge in [0.05, 0.1) is 22.4 Å². The van der Waals surface area contributed by atoms with Crippen LogP contribution in [-0.2, 0) is 0 Å².